The number of hydrogen-bond donors (Lipinski definition) is 1. The fraction of sp³-hybridized carbons (Fsp3) is 0.278. The molecule has 1 atom stereocenters. The van der Waals surface area contributed by atoms with Gasteiger partial charge in [-0.3, -0.25) is 4.79 Å². The summed E-state index contributed by atoms with van der Waals surface area (Å²) in [5.74, 6) is -1.65. The number of amides is 1. The summed E-state index contributed by atoms with van der Waals surface area (Å²) in [4.78, 5) is 13.0. The molecule has 0 aromatic heterocycles. The Balaban J connectivity index is 1.66. The Bertz CT molecular complexity index is 948. The molecule has 0 radical (unpaired) electrons. The molecule has 1 aliphatic heterocycles. The van der Waals surface area contributed by atoms with Crippen LogP contribution in [0.3, 0.4) is 0 Å². The van der Waals surface area contributed by atoms with Crippen LogP contribution in [-0.4, -0.2) is 34.5 Å². The predicted molar refractivity (Wildman–Crippen MR) is 95.0 cm³/mol. The van der Waals surface area contributed by atoms with Crippen molar-refractivity contribution in [1.82, 2.24) is 4.72 Å². The van der Waals surface area contributed by atoms with Crippen LogP contribution in [0.1, 0.15) is 6.42 Å². The Hall–Kier alpha value is -2.52. The highest BCUT2D eigenvalue weighted by molar-refractivity contribution is 7.89. The van der Waals surface area contributed by atoms with Crippen molar-refractivity contribution < 1.29 is 26.7 Å². The number of anilines is 1. The van der Waals surface area contributed by atoms with Crippen molar-refractivity contribution in [2.24, 2.45) is 5.92 Å². The van der Waals surface area contributed by atoms with Crippen molar-refractivity contribution in [1.29, 1.82) is 0 Å². The molecule has 2 aromatic rings. The first-order valence-electron chi connectivity index (χ1n) is 8.19. The molecule has 0 spiro atoms. The van der Waals surface area contributed by atoms with Crippen molar-refractivity contribution in [3.05, 3.63) is 54.1 Å². The maximum atomic E-state index is 13.7. The lowest BCUT2D eigenvalue weighted by Gasteiger charge is -2.17. The molecule has 0 bridgehead atoms. The number of carbonyl (C=O) groups is 1. The third kappa shape index (κ3) is 4.25. The topological polar surface area (TPSA) is 75.7 Å². The van der Waals surface area contributed by atoms with Crippen LogP contribution in [0.5, 0.6) is 5.75 Å². The maximum absolute atomic E-state index is 13.7. The molecular formula is C18H18F2N2O4S. The zero-order valence-corrected chi connectivity index (χ0v) is 15.3. The highest BCUT2D eigenvalue weighted by Gasteiger charge is 2.32. The minimum Gasteiger partial charge on any atom is -0.497 e. The van der Waals surface area contributed by atoms with E-state index < -0.39 is 26.6 Å². The second-order valence-electron chi connectivity index (χ2n) is 6.20. The van der Waals surface area contributed by atoms with Gasteiger partial charge in [0.05, 0.1) is 7.11 Å². The Kier molecular flexibility index (Phi) is 5.43. The first-order chi connectivity index (χ1) is 12.8. The van der Waals surface area contributed by atoms with Crippen LogP contribution in [0.15, 0.2) is 47.4 Å². The lowest BCUT2D eigenvalue weighted by Crippen LogP contribution is -2.31. The zero-order chi connectivity index (χ0) is 19.6. The van der Waals surface area contributed by atoms with Gasteiger partial charge in [-0.25, -0.2) is 21.9 Å². The van der Waals surface area contributed by atoms with Gasteiger partial charge in [0.1, 0.15) is 22.3 Å². The number of sulfonamides is 1. The lowest BCUT2D eigenvalue weighted by atomic mass is 10.1. The van der Waals surface area contributed by atoms with E-state index in [1.807, 2.05) is 0 Å². The smallest absolute Gasteiger partial charge is 0.243 e. The number of rotatable bonds is 6. The fourth-order valence-electron chi connectivity index (χ4n) is 2.92. The number of halogens is 2. The molecule has 2 aromatic carbocycles. The molecule has 1 aliphatic rings. The second-order valence-corrected chi connectivity index (χ2v) is 7.93. The second kappa shape index (κ2) is 7.61. The first kappa shape index (κ1) is 19.2. The highest BCUT2D eigenvalue weighted by atomic mass is 32.2. The summed E-state index contributed by atoms with van der Waals surface area (Å²) in [6.07, 6.45) is 0.153. The SMILES string of the molecule is COc1ccc(N2CC(CNS(=O)(=O)c3cc(F)ccc3F)CC2=O)cc1. The summed E-state index contributed by atoms with van der Waals surface area (Å²) < 4.78 is 58.8. The zero-order valence-electron chi connectivity index (χ0n) is 14.5. The Labute approximate surface area is 155 Å². The molecule has 3 rings (SSSR count). The van der Waals surface area contributed by atoms with E-state index in [1.54, 1.807) is 36.3 Å². The fourth-order valence-corrected chi connectivity index (χ4v) is 4.12. The first-order valence-corrected chi connectivity index (χ1v) is 9.67. The van der Waals surface area contributed by atoms with E-state index in [-0.39, 0.29) is 24.8 Å². The van der Waals surface area contributed by atoms with Gasteiger partial charge in [0.15, 0.2) is 0 Å². The minimum atomic E-state index is -4.22. The standard InChI is InChI=1S/C18H18F2N2O4S/c1-26-15-5-3-14(4-6-15)22-11-12(8-18(22)23)10-21-27(24,25)17-9-13(19)2-7-16(17)20/h2-7,9,12,21H,8,10-11H2,1H3. The van der Waals surface area contributed by atoms with Gasteiger partial charge in [-0.05, 0) is 48.4 Å². The molecule has 1 fully saturated rings. The summed E-state index contributed by atoms with van der Waals surface area (Å²) in [7, 11) is -2.68. The summed E-state index contributed by atoms with van der Waals surface area (Å²) >= 11 is 0. The molecule has 9 heteroatoms. The number of nitrogens with one attached hydrogen (secondary N) is 1. The van der Waals surface area contributed by atoms with Crippen LogP contribution in [0.2, 0.25) is 0 Å². The molecular weight excluding hydrogens is 378 g/mol. The van der Waals surface area contributed by atoms with E-state index in [0.29, 0.717) is 24.0 Å². The van der Waals surface area contributed by atoms with Crippen molar-refractivity contribution in [3.8, 4) is 5.75 Å². The Morgan fingerprint density at radius 3 is 2.56 bits per heavy atom. The normalized spacial score (nSPS) is 17.4. The number of carbonyl (C=O) groups excluding carboxylic acids is 1. The van der Waals surface area contributed by atoms with Crippen molar-refractivity contribution in [2.45, 2.75) is 11.3 Å². The molecule has 6 nitrogen and oxygen atoms in total. The molecule has 0 aliphatic carbocycles. The van der Waals surface area contributed by atoms with Crippen LogP contribution in [0, 0.1) is 17.6 Å². The summed E-state index contributed by atoms with van der Waals surface area (Å²) in [6, 6.07) is 9.17. The average molecular weight is 396 g/mol. The van der Waals surface area contributed by atoms with Crippen molar-refractivity contribution in [3.63, 3.8) is 0 Å². The van der Waals surface area contributed by atoms with E-state index in [4.69, 9.17) is 4.74 Å². The van der Waals surface area contributed by atoms with Crippen molar-refractivity contribution >= 4 is 21.6 Å². The Morgan fingerprint density at radius 2 is 1.89 bits per heavy atom. The average Bonchev–Trinajstić information content (AvgIpc) is 3.03. The predicted octanol–water partition coefficient (Wildman–Crippen LogP) is 2.30. The molecule has 1 unspecified atom stereocenters. The van der Waals surface area contributed by atoms with Gasteiger partial charge in [0.2, 0.25) is 15.9 Å². The molecule has 0 saturated carbocycles. The Morgan fingerprint density at radius 1 is 1.19 bits per heavy atom. The number of hydrogen-bond acceptors (Lipinski definition) is 4. The molecule has 1 saturated heterocycles. The van der Waals surface area contributed by atoms with Crippen LogP contribution < -0.4 is 14.4 Å². The van der Waals surface area contributed by atoms with Crippen LogP contribution in [0.4, 0.5) is 14.5 Å². The van der Waals surface area contributed by atoms with Gasteiger partial charge in [-0.1, -0.05) is 0 Å². The highest BCUT2D eigenvalue weighted by Crippen LogP contribution is 2.27. The van der Waals surface area contributed by atoms with E-state index in [2.05, 4.69) is 4.72 Å². The number of nitrogens with zero attached hydrogens (tertiary/aromatic N) is 1. The molecule has 1 heterocycles. The van der Waals surface area contributed by atoms with Gasteiger partial charge in [0.25, 0.3) is 0 Å². The van der Waals surface area contributed by atoms with Gasteiger partial charge in [-0.15, -0.1) is 0 Å². The van der Waals surface area contributed by atoms with Crippen molar-refractivity contribution in [2.75, 3.05) is 25.1 Å². The largest absolute Gasteiger partial charge is 0.497 e. The summed E-state index contributed by atoms with van der Waals surface area (Å²) in [5.41, 5.74) is 0.683. The van der Waals surface area contributed by atoms with Gasteiger partial charge < -0.3 is 9.64 Å². The maximum Gasteiger partial charge on any atom is 0.243 e. The van der Waals surface area contributed by atoms with E-state index in [1.165, 1.54) is 0 Å². The molecule has 144 valence electrons. The third-order valence-electron chi connectivity index (χ3n) is 4.33. The van der Waals surface area contributed by atoms with Gasteiger partial charge in [-0.2, -0.15) is 0 Å². The third-order valence-corrected chi connectivity index (χ3v) is 5.77. The van der Waals surface area contributed by atoms with Crippen LogP contribution in [0.25, 0.3) is 0 Å². The number of benzene rings is 2. The monoisotopic (exact) mass is 396 g/mol. The molecule has 1 amide bonds. The van der Waals surface area contributed by atoms with E-state index >= 15 is 0 Å². The van der Waals surface area contributed by atoms with E-state index in [9.17, 15) is 22.0 Å². The molecule has 27 heavy (non-hydrogen) atoms. The molecule has 1 N–H and O–H groups in total. The van der Waals surface area contributed by atoms with E-state index in [0.717, 1.165) is 12.1 Å². The van der Waals surface area contributed by atoms with Crippen LogP contribution >= 0.6 is 0 Å². The van der Waals surface area contributed by atoms with Gasteiger partial charge >= 0.3 is 0 Å². The number of methoxy groups -OCH3 is 1. The minimum absolute atomic E-state index is 0.0588. The van der Waals surface area contributed by atoms with Crippen LogP contribution in [-0.2, 0) is 14.8 Å². The lowest BCUT2D eigenvalue weighted by molar-refractivity contribution is -0.117. The number of ether oxygens (including phenoxy) is 1. The quantitative estimate of drug-likeness (QED) is 0.813. The van der Waals surface area contributed by atoms with Gasteiger partial charge in [0, 0.05) is 25.2 Å². The summed E-state index contributed by atoms with van der Waals surface area (Å²) in [5, 5.41) is 0. The summed E-state index contributed by atoms with van der Waals surface area (Å²) in [6.45, 7) is 0.260.